The van der Waals surface area contributed by atoms with Crippen LogP contribution in [0.2, 0.25) is 0 Å². The molecule has 1 aliphatic rings. The molecule has 1 amide bonds. The molecule has 4 nitrogen and oxygen atoms in total. The van der Waals surface area contributed by atoms with E-state index in [1.165, 1.54) is 17.0 Å². The first kappa shape index (κ1) is 20.1. The zero-order valence-electron chi connectivity index (χ0n) is 17.2. The normalized spacial score (nSPS) is 17.6. The predicted molar refractivity (Wildman–Crippen MR) is 121 cm³/mol. The van der Waals surface area contributed by atoms with Gasteiger partial charge >= 0.3 is 0 Å². The maximum absolute atomic E-state index is 13.4. The third-order valence-electron chi connectivity index (χ3n) is 5.98. The van der Waals surface area contributed by atoms with Crippen molar-refractivity contribution in [1.82, 2.24) is 0 Å². The van der Waals surface area contributed by atoms with Gasteiger partial charge in [-0.2, -0.15) is 0 Å². The van der Waals surface area contributed by atoms with Crippen molar-refractivity contribution in [1.29, 1.82) is 0 Å². The van der Waals surface area contributed by atoms with Crippen molar-refractivity contribution in [2.24, 2.45) is 0 Å². The number of fused-ring (bicyclic) bond motifs is 2. The second kappa shape index (κ2) is 7.70. The minimum Gasteiger partial charge on any atom is -0.375 e. The number of aliphatic hydroxyl groups is 1. The van der Waals surface area contributed by atoms with Gasteiger partial charge in [-0.15, -0.1) is 0 Å². The molecule has 5 rings (SSSR count). The fourth-order valence-electron chi connectivity index (χ4n) is 4.30. The number of amides is 1. The number of nitrogens with zero attached hydrogens (tertiary/aromatic N) is 1. The van der Waals surface area contributed by atoms with Gasteiger partial charge in [0.15, 0.2) is 11.4 Å². The molecule has 4 aromatic rings. The number of hydrogen-bond acceptors (Lipinski definition) is 3. The van der Waals surface area contributed by atoms with E-state index in [2.05, 4.69) is 0 Å². The van der Waals surface area contributed by atoms with Crippen LogP contribution in [0, 0.1) is 5.82 Å². The second-order valence-corrected chi connectivity index (χ2v) is 8.06. The Morgan fingerprint density at radius 3 is 2.34 bits per heavy atom. The fourth-order valence-corrected chi connectivity index (χ4v) is 4.30. The lowest BCUT2D eigenvalue weighted by Crippen LogP contribution is -2.41. The fraction of sp³-hybridized carbons (Fsp3) is 0.111. The molecular formula is C27H20FNO3. The van der Waals surface area contributed by atoms with Gasteiger partial charge in [0, 0.05) is 11.1 Å². The highest BCUT2D eigenvalue weighted by Crippen LogP contribution is 2.43. The minimum atomic E-state index is -1.96. The lowest BCUT2D eigenvalue weighted by molar-refractivity contribution is -0.136. The van der Waals surface area contributed by atoms with Gasteiger partial charge in [0.25, 0.3) is 5.91 Å². The summed E-state index contributed by atoms with van der Waals surface area (Å²) in [4.78, 5) is 28.0. The lowest BCUT2D eigenvalue weighted by Gasteiger charge is -2.23. The zero-order valence-corrected chi connectivity index (χ0v) is 17.2. The Morgan fingerprint density at radius 2 is 1.56 bits per heavy atom. The third-order valence-corrected chi connectivity index (χ3v) is 5.98. The number of halogens is 1. The molecule has 32 heavy (non-hydrogen) atoms. The van der Waals surface area contributed by atoms with Crippen LogP contribution in [0.5, 0.6) is 0 Å². The van der Waals surface area contributed by atoms with Crippen LogP contribution in [0.3, 0.4) is 0 Å². The first-order chi connectivity index (χ1) is 15.5. The quantitative estimate of drug-likeness (QED) is 0.459. The molecule has 158 valence electrons. The van der Waals surface area contributed by atoms with Crippen LogP contribution in [-0.4, -0.2) is 16.8 Å². The molecule has 0 spiro atoms. The molecule has 5 heteroatoms. The number of carbonyl (C=O) groups is 2. The van der Waals surface area contributed by atoms with E-state index < -0.39 is 11.5 Å². The summed E-state index contributed by atoms with van der Waals surface area (Å²) >= 11 is 0. The summed E-state index contributed by atoms with van der Waals surface area (Å²) in [5.74, 6) is -1.23. The van der Waals surface area contributed by atoms with E-state index in [0.29, 0.717) is 16.8 Å². The largest absolute Gasteiger partial charge is 0.375 e. The van der Waals surface area contributed by atoms with Crippen LogP contribution < -0.4 is 4.90 Å². The molecule has 0 bridgehead atoms. The predicted octanol–water partition coefficient (Wildman–Crippen LogP) is 4.99. The van der Waals surface area contributed by atoms with Gasteiger partial charge in [-0.05, 0) is 40.6 Å². The Labute approximate surface area is 184 Å². The van der Waals surface area contributed by atoms with Crippen molar-refractivity contribution in [2.45, 2.75) is 18.6 Å². The topological polar surface area (TPSA) is 57.6 Å². The molecule has 0 fully saturated rings. The molecule has 0 saturated heterocycles. The summed E-state index contributed by atoms with van der Waals surface area (Å²) in [6.07, 6.45) is -0.360. The van der Waals surface area contributed by atoms with E-state index in [9.17, 15) is 19.1 Å². The summed E-state index contributed by atoms with van der Waals surface area (Å²) in [7, 11) is 0. The average Bonchev–Trinajstić information content (AvgIpc) is 3.02. The number of benzene rings is 4. The summed E-state index contributed by atoms with van der Waals surface area (Å²) in [5, 5.41) is 13.4. The van der Waals surface area contributed by atoms with Crippen molar-refractivity contribution < 1.29 is 19.1 Å². The molecule has 1 aliphatic heterocycles. The summed E-state index contributed by atoms with van der Waals surface area (Å²) < 4.78 is 13.3. The average molecular weight is 425 g/mol. The number of para-hydroxylation sites is 1. The van der Waals surface area contributed by atoms with Crippen molar-refractivity contribution >= 4 is 28.2 Å². The van der Waals surface area contributed by atoms with E-state index in [-0.39, 0.29) is 24.6 Å². The number of ketones is 1. The van der Waals surface area contributed by atoms with E-state index >= 15 is 0 Å². The highest BCUT2D eigenvalue weighted by atomic mass is 19.1. The Balaban J connectivity index is 1.47. The van der Waals surface area contributed by atoms with Gasteiger partial charge in [-0.1, -0.05) is 66.7 Å². The number of anilines is 1. The maximum Gasteiger partial charge on any atom is 0.264 e. The Kier molecular flexibility index (Phi) is 4.83. The Bertz CT molecular complexity index is 1350. The third kappa shape index (κ3) is 3.37. The first-order valence-electron chi connectivity index (χ1n) is 10.4. The highest BCUT2D eigenvalue weighted by molar-refractivity contribution is 6.11. The minimum absolute atomic E-state index is 0.169. The van der Waals surface area contributed by atoms with E-state index in [1.54, 1.807) is 48.5 Å². The van der Waals surface area contributed by atoms with Crippen LogP contribution in [0.4, 0.5) is 10.1 Å². The van der Waals surface area contributed by atoms with Crippen molar-refractivity contribution in [3.8, 4) is 0 Å². The van der Waals surface area contributed by atoms with E-state index in [0.717, 1.165) is 16.3 Å². The molecular weight excluding hydrogens is 405 g/mol. The Morgan fingerprint density at radius 1 is 0.875 bits per heavy atom. The van der Waals surface area contributed by atoms with Crippen molar-refractivity contribution in [3.63, 3.8) is 0 Å². The van der Waals surface area contributed by atoms with Gasteiger partial charge in [-0.3, -0.25) is 9.59 Å². The highest BCUT2D eigenvalue weighted by Gasteiger charge is 2.50. The van der Waals surface area contributed by atoms with Gasteiger partial charge < -0.3 is 10.0 Å². The molecule has 4 aromatic carbocycles. The standard InChI is InChI=1S/C27H20FNO3/c28-22-13-9-18(10-14-22)17-29-24-8-4-3-7-23(24)27(32,26(29)31)16-25(30)21-12-11-19-5-1-2-6-20(19)15-21/h1-15,32H,16-17H2/t27-/m0/s1. The molecule has 1 N–H and O–H groups in total. The van der Waals surface area contributed by atoms with Gasteiger partial charge in [0.05, 0.1) is 18.7 Å². The molecule has 0 radical (unpaired) electrons. The zero-order chi connectivity index (χ0) is 22.3. The van der Waals surface area contributed by atoms with E-state index in [1.807, 2.05) is 30.3 Å². The molecule has 1 atom stereocenters. The van der Waals surface area contributed by atoms with E-state index in [4.69, 9.17) is 0 Å². The SMILES string of the molecule is O=C(C[C@@]1(O)C(=O)N(Cc2ccc(F)cc2)c2ccccc21)c1ccc2ccccc2c1. The van der Waals surface area contributed by atoms with Crippen molar-refractivity contribution in [2.75, 3.05) is 4.90 Å². The summed E-state index contributed by atoms with van der Waals surface area (Å²) in [6.45, 7) is 0.169. The molecule has 0 aromatic heterocycles. The smallest absolute Gasteiger partial charge is 0.264 e. The molecule has 0 unspecified atom stereocenters. The maximum atomic E-state index is 13.4. The van der Waals surface area contributed by atoms with Crippen LogP contribution in [-0.2, 0) is 16.9 Å². The monoisotopic (exact) mass is 425 g/mol. The second-order valence-electron chi connectivity index (χ2n) is 8.06. The van der Waals surface area contributed by atoms with Crippen molar-refractivity contribution in [3.05, 3.63) is 114 Å². The summed E-state index contributed by atoms with van der Waals surface area (Å²) in [6, 6.07) is 25.9. The first-order valence-corrected chi connectivity index (χ1v) is 10.4. The summed E-state index contributed by atoms with van der Waals surface area (Å²) in [5.41, 5.74) is 0.162. The van der Waals surface area contributed by atoms with Crippen LogP contribution >= 0.6 is 0 Å². The number of carbonyl (C=O) groups excluding carboxylic acids is 2. The van der Waals surface area contributed by atoms with Crippen LogP contribution in [0.15, 0.2) is 91.0 Å². The van der Waals surface area contributed by atoms with Gasteiger partial charge in [-0.25, -0.2) is 4.39 Å². The van der Waals surface area contributed by atoms with Gasteiger partial charge in [0.2, 0.25) is 0 Å². The number of hydrogen-bond donors (Lipinski definition) is 1. The lowest BCUT2D eigenvalue weighted by atomic mass is 9.88. The number of rotatable bonds is 5. The Hall–Kier alpha value is -3.83. The van der Waals surface area contributed by atoms with Crippen LogP contribution in [0.25, 0.3) is 10.8 Å². The number of Topliss-reactive ketones (excluding diaryl/α,β-unsaturated/α-hetero) is 1. The van der Waals surface area contributed by atoms with Crippen LogP contribution in [0.1, 0.15) is 27.9 Å². The molecule has 0 saturated carbocycles. The molecule has 1 heterocycles. The van der Waals surface area contributed by atoms with Gasteiger partial charge in [0.1, 0.15) is 5.82 Å². The molecule has 0 aliphatic carbocycles.